The summed E-state index contributed by atoms with van der Waals surface area (Å²) in [4.78, 5) is 22.7. The molecule has 1 amide bonds. The first-order chi connectivity index (χ1) is 11.5. The maximum absolute atomic E-state index is 12.5. The molecule has 10 nitrogen and oxygen atoms in total. The highest BCUT2D eigenvalue weighted by Gasteiger charge is 2.27. The summed E-state index contributed by atoms with van der Waals surface area (Å²) in [6.45, 7) is 6.24. The lowest BCUT2D eigenvalue weighted by Crippen LogP contribution is -2.27. The number of rotatable bonds is 8. The van der Waals surface area contributed by atoms with Crippen molar-refractivity contribution in [3.05, 3.63) is 34.3 Å². The highest BCUT2D eigenvalue weighted by molar-refractivity contribution is 5.93. The van der Waals surface area contributed by atoms with E-state index in [-0.39, 0.29) is 11.7 Å². The molecule has 0 aromatic carbocycles. The topological polar surface area (TPSA) is 117 Å². The van der Waals surface area contributed by atoms with Gasteiger partial charge < -0.3 is 20.2 Å². The van der Waals surface area contributed by atoms with Crippen LogP contribution in [0.25, 0.3) is 0 Å². The fourth-order valence-corrected chi connectivity index (χ4v) is 2.25. The Morgan fingerprint density at radius 2 is 2.25 bits per heavy atom. The molecule has 2 rings (SSSR count). The van der Waals surface area contributed by atoms with E-state index in [2.05, 4.69) is 15.5 Å². The Balaban J connectivity index is 2.11. The molecule has 2 aromatic rings. The Kier molecular flexibility index (Phi) is 5.64. The third-order valence-corrected chi connectivity index (χ3v) is 3.41. The molecule has 0 radical (unpaired) electrons. The molecule has 0 aliphatic heterocycles. The van der Waals surface area contributed by atoms with Crippen LogP contribution in [-0.4, -0.2) is 37.0 Å². The number of hydrogen-bond donors (Lipinski definition) is 1. The molecule has 1 N–H and O–H groups in total. The summed E-state index contributed by atoms with van der Waals surface area (Å²) in [6.07, 6.45) is 3.61. The second kappa shape index (κ2) is 7.68. The first-order valence-corrected chi connectivity index (χ1v) is 7.57. The number of nitrogens with one attached hydrogen (secondary N) is 1. The van der Waals surface area contributed by atoms with Crippen LogP contribution in [0.2, 0.25) is 0 Å². The predicted molar refractivity (Wildman–Crippen MR) is 85.4 cm³/mol. The molecule has 0 bridgehead atoms. The van der Waals surface area contributed by atoms with Crippen LogP contribution in [0.4, 0.5) is 11.5 Å². The number of carbonyl (C=O) groups excluding carboxylic acids is 1. The first kappa shape index (κ1) is 17.6. The molecule has 24 heavy (non-hydrogen) atoms. The molecule has 0 saturated carbocycles. The van der Waals surface area contributed by atoms with Gasteiger partial charge >= 0.3 is 5.82 Å². The Labute approximate surface area is 138 Å². The number of carbonyl (C=O) groups is 1. The van der Waals surface area contributed by atoms with E-state index < -0.39 is 11.0 Å². The Hall–Kier alpha value is -2.75. The number of nitro groups is 1. The summed E-state index contributed by atoms with van der Waals surface area (Å²) in [7, 11) is 0. The van der Waals surface area contributed by atoms with Crippen LogP contribution in [0, 0.1) is 17.0 Å². The summed E-state index contributed by atoms with van der Waals surface area (Å²) in [5, 5.41) is 21.6. The molecule has 2 aromatic heterocycles. The number of anilines is 1. The highest BCUT2D eigenvalue weighted by atomic mass is 16.6. The largest absolute Gasteiger partial charge is 0.390 e. The second-order valence-corrected chi connectivity index (χ2v) is 5.15. The molecule has 1 unspecified atom stereocenters. The first-order valence-electron chi connectivity index (χ1n) is 7.57. The van der Waals surface area contributed by atoms with Crippen molar-refractivity contribution < 1.29 is 14.5 Å². The normalized spacial score (nSPS) is 12.1. The number of amides is 1. The molecule has 0 fully saturated rings. The van der Waals surface area contributed by atoms with Gasteiger partial charge in [-0.3, -0.25) is 4.79 Å². The van der Waals surface area contributed by atoms with Crippen molar-refractivity contribution in [3.63, 3.8) is 0 Å². The minimum absolute atomic E-state index is 0.275. The van der Waals surface area contributed by atoms with E-state index in [4.69, 9.17) is 4.74 Å². The van der Waals surface area contributed by atoms with Crippen molar-refractivity contribution in [1.29, 1.82) is 0 Å². The zero-order chi connectivity index (χ0) is 17.7. The van der Waals surface area contributed by atoms with Crippen molar-refractivity contribution in [2.75, 3.05) is 11.9 Å². The van der Waals surface area contributed by atoms with Gasteiger partial charge in [0.15, 0.2) is 6.04 Å². The molecule has 0 aliphatic rings. The molecule has 10 heteroatoms. The van der Waals surface area contributed by atoms with Crippen molar-refractivity contribution in [1.82, 2.24) is 19.6 Å². The third kappa shape index (κ3) is 3.96. The van der Waals surface area contributed by atoms with Gasteiger partial charge in [0.25, 0.3) is 5.91 Å². The summed E-state index contributed by atoms with van der Waals surface area (Å²) in [5.74, 6) is -0.585. The van der Waals surface area contributed by atoms with Crippen LogP contribution in [-0.2, 0) is 16.3 Å². The average molecular weight is 336 g/mol. The van der Waals surface area contributed by atoms with E-state index >= 15 is 0 Å². The maximum Gasteiger partial charge on any atom is 0.390 e. The number of nitrogens with zero attached hydrogens (tertiary/aromatic N) is 5. The molecular formula is C14H20N6O4. The quantitative estimate of drug-likeness (QED) is 0.581. The minimum Gasteiger partial charge on any atom is -0.360 e. The average Bonchev–Trinajstić information content (AvgIpc) is 3.13. The van der Waals surface area contributed by atoms with Crippen molar-refractivity contribution in [3.8, 4) is 0 Å². The van der Waals surface area contributed by atoms with Crippen LogP contribution < -0.4 is 5.32 Å². The molecule has 1 atom stereocenters. The van der Waals surface area contributed by atoms with E-state index in [9.17, 15) is 14.9 Å². The molecule has 130 valence electrons. The highest BCUT2D eigenvalue weighted by Crippen LogP contribution is 2.20. The van der Waals surface area contributed by atoms with Gasteiger partial charge in [-0.1, -0.05) is 6.92 Å². The van der Waals surface area contributed by atoms with Crippen LogP contribution >= 0.6 is 0 Å². The van der Waals surface area contributed by atoms with Gasteiger partial charge in [-0.2, -0.15) is 9.78 Å². The second-order valence-electron chi connectivity index (χ2n) is 5.15. The summed E-state index contributed by atoms with van der Waals surface area (Å²) < 4.78 is 8.16. The lowest BCUT2D eigenvalue weighted by Gasteiger charge is -2.13. The molecule has 2 heterocycles. The number of hydrogen-bond acceptors (Lipinski definition) is 6. The SMILES string of the molecule is CCOCn1cc(NC(=O)C(CC)n2nc([N+](=O)[O-])cc2C)cn1. The van der Waals surface area contributed by atoms with Gasteiger partial charge in [0.2, 0.25) is 0 Å². The van der Waals surface area contributed by atoms with Gasteiger partial charge in [0.05, 0.1) is 34.9 Å². The summed E-state index contributed by atoms with van der Waals surface area (Å²) in [6, 6.07) is 0.699. The Morgan fingerprint density at radius 3 is 2.83 bits per heavy atom. The molecule has 0 saturated heterocycles. The lowest BCUT2D eigenvalue weighted by atomic mass is 10.2. The standard InChI is InChI=1S/C14H20N6O4/c1-4-12(19-10(3)6-13(17-19)20(22)23)14(21)16-11-7-15-18(8-11)9-24-5-2/h6-8,12H,4-5,9H2,1-3H3,(H,16,21). The zero-order valence-corrected chi connectivity index (χ0v) is 13.8. The van der Waals surface area contributed by atoms with Crippen molar-refractivity contribution in [2.24, 2.45) is 0 Å². The van der Waals surface area contributed by atoms with Crippen molar-refractivity contribution >= 4 is 17.4 Å². The van der Waals surface area contributed by atoms with E-state index in [0.29, 0.717) is 31.1 Å². The van der Waals surface area contributed by atoms with Crippen molar-refractivity contribution in [2.45, 2.75) is 40.0 Å². The summed E-state index contributed by atoms with van der Waals surface area (Å²) in [5.41, 5.74) is 1.08. The lowest BCUT2D eigenvalue weighted by molar-refractivity contribution is -0.389. The van der Waals surface area contributed by atoms with E-state index in [1.54, 1.807) is 17.8 Å². The van der Waals surface area contributed by atoms with Gasteiger partial charge in [-0.25, -0.2) is 4.68 Å². The maximum atomic E-state index is 12.5. The fourth-order valence-electron chi connectivity index (χ4n) is 2.25. The molecule has 0 aliphatic carbocycles. The number of aryl methyl sites for hydroxylation is 1. The van der Waals surface area contributed by atoms with E-state index in [0.717, 1.165) is 0 Å². The Morgan fingerprint density at radius 1 is 1.50 bits per heavy atom. The Bertz CT molecular complexity index is 723. The molecular weight excluding hydrogens is 316 g/mol. The number of ether oxygens (including phenoxy) is 1. The molecule has 0 spiro atoms. The monoisotopic (exact) mass is 336 g/mol. The van der Waals surface area contributed by atoms with E-state index in [1.165, 1.54) is 16.9 Å². The minimum atomic E-state index is -0.644. The van der Waals surface area contributed by atoms with Crippen LogP contribution in [0.3, 0.4) is 0 Å². The van der Waals surface area contributed by atoms with Gasteiger partial charge in [-0.05, 0) is 25.2 Å². The smallest absolute Gasteiger partial charge is 0.360 e. The van der Waals surface area contributed by atoms with Gasteiger partial charge in [0.1, 0.15) is 6.73 Å². The third-order valence-electron chi connectivity index (χ3n) is 3.41. The zero-order valence-electron chi connectivity index (χ0n) is 13.8. The van der Waals surface area contributed by atoms with Crippen LogP contribution in [0.1, 0.15) is 32.0 Å². The summed E-state index contributed by atoms with van der Waals surface area (Å²) >= 11 is 0. The van der Waals surface area contributed by atoms with Gasteiger partial charge in [-0.15, -0.1) is 0 Å². The fraction of sp³-hybridized carbons (Fsp3) is 0.500. The van der Waals surface area contributed by atoms with Crippen LogP contribution in [0.5, 0.6) is 0 Å². The predicted octanol–water partition coefficient (Wildman–Crippen LogP) is 1.88. The van der Waals surface area contributed by atoms with Gasteiger partial charge in [0, 0.05) is 6.61 Å². The van der Waals surface area contributed by atoms with E-state index in [1.807, 2.05) is 13.8 Å². The van der Waals surface area contributed by atoms with Crippen LogP contribution in [0.15, 0.2) is 18.5 Å². The number of aromatic nitrogens is 4.